The fourth-order valence-electron chi connectivity index (χ4n) is 4.92. The lowest BCUT2D eigenvalue weighted by Gasteiger charge is -2.43. The summed E-state index contributed by atoms with van der Waals surface area (Å²) in [7, 11) is 3.39. The van der Waals surface area contributed by atoms with Crippen molar-refractivity contribution in [1.29, 1.82) is 0 Å². The lowest BCUT2D eigenvalue weighted by molar-refractivity contribution is 0.0578. The molecule has 0 saturated carbocycles. The molecule has 2 N–H and O–H groups in total. The summed E-state index contributed by atoms with van der Waals surface area (Å²) >= 11 is 0. The number of carbonyl (C=O) groups is 2. The number of carbonyl (C=O) groups excluding carboxylic acids is 1. The van der Waals surface area contributed by atoms with Crippen LogP contribution >= 0.6 is 0 Å². The van der Waals surface area contributed by atoms with Crippen molar-refractivity contribution >= 4 is 28.7 Å². The summed E-state index contributed by atoms with van der Waals surface area (Å²) in [5.74, 6) is 0.454. The molecule has 1 saturated heterocycles. The van der Waals surface area contributed by atoms with E-state index in [1.807, 2.05) is 56.6 Å². The molecule has 1 fully saturated rings. The number of hydrogen-bond acceptors (Lipinski definition) is 6. The third-order valence-corrected chi connectivity index (χ3v) is 7.10. The number of carboxylic acid groups (broad SMARTS) is 1. The first-order valence-electron chi connectivity index (χ1n) is 12.3. The molecule has 0 spiro atoms. The fourth-order valence-corrected chi connectivity index (χ4v) is 4.92. The number of anilines is 1. The molecule has 0 unspecified atom stereocenters. The Morgan fingerprint density at radius 1 is 1.03 bits per heavy atom. The van der Waals surface area contributed by atoms with Gasteiger partial charge in [0.1, 0.15) is 17.8 Å². The molecule has 11 heteroatoms. The monoisotopic (exact) mass is 515 g/mol. The second-order valence-electron chi connectivity index (χ2n) is 9.30. The third-order valence-electron chi connectivity index (χ3n) is 7.10. The van der Waals surface area contributed by atoms with Crippen LogP contribution in [-0.4, -0.2) is 79.1 Å². The van der Waals surface area contributed by atoms with Gasteiger partial charge in [-0.1, -0.05) is 30.3 Å². The van der Waals surface area contributed by atoms with Gasteiger partial charge in [-0.25, -0.2) is 19.6 Å². The lowest BCUT2D eigenvalue weighted by atomic mass is 10.0. The van der Waals surface area contributed by atoms with Crippen molar-refractivity contribution in [3.8, 4) is 28.3 Å². The van der Waals surface area contributed by atoms with Gasteiger partial charge < -0.3 is 25.0 Å². The van der Waals surface area contributed by atoms with E-state index in [-0.39, 0.29) is 31.2 Å². The Hall–Kier alpha value is -4.67. The van der Waals surface area contributed by atoms with Gasteiger partial charge in [0.25, 0.3) is 0 Å². The van der Waals surface area contributed by atoms with E-state index in [2.05, 4.69) is 20.4 Å². The molecule has 0 aliphatic carbocycles. The average Bonchev–Trinajstić information content (AvgIpc) is 3.31. The molecule has 0 bridgehead atoms. The number of benzene rings is 2. The largest absolute Gasteiger partial charge is 0.494 e. The number of piperazine rings is 1. The lowest BCUT2D eigenvalue weighted by Crippen LogP contribution is -2.60. The molecule has 2 aromatic heterocycles. The summed E-state index contributed by atoms with van der Waals surface area (Å²) in [4.78, 5) is 36.9. The molecule has 2 atom stereocenters. The van der Waals surface area contributed by atoms with Gasteiger partial charge in [0.05, 0.1) is 36.1 Å². The van der Waals surface area contributed by atoms with Crippen molar-refractivity contribution in [2.24, 2.45) is 7.05 Å². The van der Waals surface area contributed by atoms with Crippen molar-refractivity contribution < 1.29 is 19.4 Å². The molecule has 5 rings (SSSR count). The molecular formula is C27H29N7O4. The van der Waals surface area contributed by atoms with E-state index in [0.717, 1.165) is 22.2 Å². The first-order valence-corrected chi connectivity index (χ1v) is 12.3. The topological polar surface area (TPSA) is 126 Å². The number of hydrogen-bond donors (Lipinski definition) is 2. The molecule has 3 amide bonds. The van der Waals surface area contributed by atoms with Crippen molar-refractivity contribution in [1.82, 2.24) is 29.5 Å². The number of urea groups is 1. The molecule has 0 radical (unpaired) electrons. The Balaban J connectivity index is 1.53. The molecule has 11 nitrogen and oxygen atoms in total. The summed E-state index contributed by atoms with van der Waals surface area (Å²) in [6.07, 6.45) is 2.43. The number of methoxy groups -OCH3 is 1. The van der Waals surface area contributed by atoms with Crippen LogP contribution in [0.3, 0.4) is 0 Å². The highest BCUT2D eigenvalue weighted by Crippen LogP contribution is 2.37. The Kier molecular flexibility index (Phi) is 6.58. The minimum atomic E-state index is -0.988. The first-order chi connectivity index (χ1) is 18.3. The molecule has 2 aromatic carbocycles. The number of rotatable bonds is 4. The number of nitrogens with one attached hydrogen (secondary N) is 1. The Morgan fingerprint density at radius 3 is 2.45 bits per heavy atom. The van der Waals surface area contributed by atoms with Crippen LogP contribution < -0.4 is 10.1 Å². The highest BCUT2D eigenvalue weighted by Gasteiger charge is 2.36. The van der Waals surface area contributed by atoms with E-state index in [0.29, 0.717) is 22.6 Å². The SMILES string of the molecule is COc1cc2ncnc(-c3cn(C)nc3-c3ccccc3)c2cc1NC(=O)N1CCN(C(=O)O)[C@@H](C)[C@H]1C. The van der Waals surface area contributed by atoms with E-state index >= 15 is 0 Å². The molecule has 1 aliphatic heterocycles. The van der Waals surface area contributed by atoms with E-state index < -0.39 is 6.09 Å². The second kappa shape index (κ2) is 10.0. The van der Waals surface area contributed by atoms with Crippen LogP contribution in [0.15, 0.2) is 55.0 Å². The molecule has 196 valence electrons. The smallest absolute Gasteiger partial charge is 0.407 e. The summed E-state index contributed by atoms with van der Waals surface area (Å²) in [6, 6.07) is 12.5. The van der Waals surface area contributed by atoms with Crippen LogP contribution in [0.2, 0.25) is 0 Å². The first kappa shape index (κ1) is 25.0. The fraction of sp³-hybridized carbons (Fsp3) is 0.296. The summed E-state index contributed by atoms with van der Waals surface area (Å²) in [6.45, 7) is 4.17. The second-order valence-corrected chi connectivity index (χ2v) is 9.30. The average molecular weight is 516 g/mol. The standard InChI is InChI=1S/C27H29N7O4/c1-16-17(2)34(27(36)37)11-10-33(16)26(35)30-22-12-19-21(13-23(22)38-4)28-15-29-25(19)20-14-32(3)31-24(20)18-8-6-5-7-9-18/h5-9,12-17H,10-11H2,1-4H3,(H,30,35)(H,36,37)/t16-,17+/m1/s1. The number of amides is 3. The van der Waals surface area contributed by atoms with Crippen LogP contribution in [0.1, 0.15) is 13.8 Å². The van der Waals surface area contributed by atoms with Gasteiger partial charge >= 0.3 is 12.1 Å². The van der Waals surface area contributed by atoms with Gasteiger partial charge in [0, 0.05) is 48.9 Å². The summed E-state index contributed by atoms with van der Waals surface area (Å²) in [5, 5.41) is 17.8. The zero-order chi connectivity index (χ0) is 27.0. The normalized spacial score (nSPS) is 17.5. The molecule has 3 heterocycles. The van der Waals surface area contributed by atoms with E-state index in [4.69, 9.17) is 4.74 Å². The van der Waals surface area contributed by atoms with E-state index in [9.17, 15) is 14.7 Å². The Labute approximate surface area is 219 Å². The van der Waals surface area contributed by atoms with Gasteiger partial charge in [-0.05, 0) is 19.9 Å². The third kappa shape index (κ3) is 4.47. The summed E-state index contributed by atoms with van der Waals surface area (Å²) < 4.78 is 7.33. The van der Waals surface area contributed by atoms with Crippen LogP contribution in [0.25, 0.3) is 33.4 Å². The van der Waals surface area contributed by atoms with Crippen LogP contribution in [0.4, 0.5) is 15.3 Å². The highest BCUT2D eigenvalue weighted by atomic mass is 16.5. The highest BCUT2D eigenvalue weighted by molar-refractivity contribution is 6.01. The number of ether oxygens (including phenoxy) is 1. The van der Waals surface area contributed by atoms with Gasteiger partial charge in [-0.15, -0.1) is 0 Å². The Morgan fingerprint density at radius 2 is 1.74 bits per heavy atom. The number of aryl methyl sites for hydroxylation is 1. The maximum absolute atomic E-state index is 13.4. The van der Waals surface area contributed by atoms with Crippen molar-refractivity contribution in [2.45, 2.75) is 25.9 Å². The molecule has 4 aromatic rings. The van der Waals surface area contributed by atoms with E-state index in [1.165, 1.54) is 18.3 Å². The zero-order valence-electron chi connectivity index (χ0n) is 21.6. The quantitative estimate of drug-likeness (QED) is 0.415. The maximum atomic E-state index is 13.4. The van der Waals surface area contributed by atoms with Crippen molar-refractivity contribution in [3.05, 3.63) is 55.0 Å². The number of fused-ring (bicyclic) bond motifs is 1. The van der Waals surface area contributed by atoms with Crippen LogP contribution in [0, 0.1) is 0 Å². The van der Waals surface area contributed by atoms with Crippen LogP contribution in [-0.2, 0) is 7.05 Å². The van der Waals surface area contributed by atoms with Gasteiger partial charge in [-0.3, -0.25) is 4.68 Å². The molecule has 1 aliphatic rings. The Bertz CT molecular complexity index is 1500. The van der Waals surface area contributed by atoms with Crippen molar-refractivity contribution in [3.63, 3.8) is 0 Å². The van der Waals surface area contributed by atoms with Crippen LogP contribution in [0.5, 0.6) is 5.75 Å². The predicted octanol–water partition coefficient (Wildman–Crippen LogP) is 4.31. The van der Waals surface area contributed by atoms with Gasteiger partial charge in [-0.2, -0.15) is 5.10 Å². The zero-order valence-corrected chi connectivity index (χ0v) is 21.6. The minimum Gasteiger partial charge on any atom is -0.494 e. The van der Waals surface area contributed by atoms with Gasteiger partial charge in [0.2, 0.25) is 0 Å². The minimum absolute atomic E-state index is 0.240. The maximum Gasteiger partial charge on any atom is 0.407 e. The molecular weight excluding hydrogens is 486 g/mol. The number of aromatic nitrogens is 4. The van der Waals surface area contributed by atoms with E-state index in [1.54, 1.807) is 22.6 Å². The molecule has 38 heavy (non-hydrogen) atoms. The van der Waals surface area contributed by atoms with Gasteiger partial charge in [0.15, 0.2) is 0 Å². The number of nitrogens with zero attached hydrogens (tertiary/aromatic N) is 6. The summed E-state index contributed by atoms with van der Waals surface area (Å²) in [5.41, 5.74) is 4.38. The van der Waals surface area contributed by atoms with Crippen molar-refractivity contribution in [2.75, 3.05) is 25.5 Å². The predicted molar refractivity (Wildman–Crippen MR) is 143 cm³/mol.